The van der Waals surface area contributed by atoms with Gasteiger partial charge in [-0.25, -0.2) is 4.39 Å². The molecule has 1 aliphatic carbocycles. The lowest BCUT2D eigenvalue weighted by atomic mass is 10.0. The Hall–Kier alpha value is -2.18. The quantitative estimate of drug-likeness (QED) is 0.909. The molecule has 1 fully saturated rings. The summed E-state index contributed by atoms with van der Waals surface area (Å²) >= 11 is 0. The molecule has 0 radical (unpaired) electrons. The van der Waals surface area contributed by atoms with Gasteiger partial charge in [0.1, 0.15) is 5.76 Å². The fourth-order valence-electron chi connectivity index (χ4n) is 3.39. The van der Waals surface area contributed by atoms with Crippen LogP contribution in [-0.2, 0) is 16.8 Å². The first-order chi connectivity index (χ1) is 11.8. The summed E-state index contributed by atoms with van der Waals surface area (Å²) < 4.78 is 21.8. The van der Waals surface area contributed by atoms with Crippen molar-refractivity contribution >= 4 is 11.7 Å². The van der Waals surface area contributed by atoms with Crippen LogP contribution in [0.4, 0.5) is 10.2 Å². The van der Waals surface area contributed by atoms with E-state index >= 15 is 4.39 Å². The van der Waals surface area contributed by atoms with E-state index in [4.69, 9.17) is 4.52 Å². The Kier molecular flexibility index (Phi) is 4.67. The number of amides is 1. The first-order valence-electron chi connectivity index (χ1n) is 8.76. The zero-order chi connectivity index (χ0) is 18.2. The minimum Gasteiger partial charge on any atom is -0.361 e. The predicted molar refractivity (Wildman–Crippen MR) is 92.0 cm³/mol. The lowest BCUT2D eigenvalue weighted by molar-refractivity contribution is -0.115. The molecule has 2 aromatic rings. The number of halogens is 1. The Morgan fingerprint density at radius 1 is 1.40 bits per heavy atom. The van der Waals surface area contributed by atoms with Crippen LogP contribution in [0.25, 0.3) is 0 Å². The standard InChI is InChI=1S/C18H25FN4O2/c1-11-9-13(25-22-11)10-14(24)20-17-15(19)16(12-7-5-6-8-12)23(21-17)18(2,3)4/h9,12H,5-8,10H2,1-4H3,(H,20,21,24). The molecule has 2 aromatic heterocycles. The van der Waals surface area contributed by atoms with Crippen LogP contribution in [0, 0.1) is 12.7 Å². The number of carbonyl (C=O) groups excluding carboxylic acids is 1. The second-order valence-corrected chi connectivity index (χ2v) is 7.77. The van der Waals surface area contributed by atoms with E-state index in [1.165, 1.54) is 0 Å². The van der Waals surface area contributed by atoms with Gasteiger partial charge in [0.25, 0.3) is 0 Å². The lowest BCUT2D eigenvalue weighted by Gasteiger charge is -2.24. The highest BCUT2D eigenvalue weighted by Crippen LogP contribution is 2.39. The Balaban J connectivity index is 1.84. The zero-order valence-corrected chi connectivity index (χ0v) is 15.2. The summed E-state index contributed by atoms with van der Waals surface area (Å²) in [7, 11) is 0. The van der Waals surface area contributed by atoms with E-state index in [2.05, 4.69) is 15.6 Å². The van der Waals surface area contributed by atoms with Crippen LogP contribution >= 0.6 is 0 Å². The Bertz CT molecular complexity index is 767. The van der Waals surface area contributed by atoms with Crippen LogP contribution < -0.4 is 5.32 Å². The molecule has 1 amide bonds. The van der Waals surface area contributed by atoms with E-state index in [1.54, 1.807) is 17.7 Å². The molecule has 3 rings (SSSR count). The third-order valence-electron chi connectivity index (χ3n) is 4.51. The molecule has 0 aromatic carbocycles. The molecule has 7 heteroatoms. The minimum atomic E-state index is -0.413. The topological polar surface area (TPSA) is 73.0 Å². The maximum atomic E-state index is 15.0. The number of carbonyl (C=O) groups is 1. The van der Waals surface area contributed by atoms with Gasteiger partial charge in [-0.3, -0.25) is 9.48 Å². The van der Waals surface area contributed by atoms with Crippen molar-refractivity contribution in [3.8, 4) is 0 Å². The van der Waals surface area contributed by atoms with Crippen LogP contribution in [0.2, 0.25) is 0 Å². The van der Waals surface area contributed by atoms with Gasteiger partial charge < -0.3 is 9.84 Å². The fraction of sp³-hybridized carbons (Fsp3) is 0.611. The maximum Gasteiger partial charge on any atom is 0.233 e. The second kappa shape index (κ2) is 6.61. The highest BCUT2D eigenvalue weighted by molar-refractivity contribution is 5.91. The van der Waals surface area contributed by atoms with Crippen LogP contribution in [0.5, 0.6) is 0 Å². The summed E-state index contributed by atoms with van der Waals surface area (Å²) in [5, 5.41) is 10.7. The summed E-state index contributed by atoms with van der Waals surface area (Å²) in [5.41, 5.74) is 0.953. The number of aryl methyl sites for hydroxylation is 1. The third-order valence-corrected chi connectivity index (χ3v) is 4.51. The summed E-state index contributed by atoms with van der Waals surface area (Å²) in [6.45, 7) is 7.74. The number of rotatable bonds is 4. The summed E-state index contributed by atoms with van der Waals surface area (Å²) in [6, 6.07) is 1.69. The normalized spacial score (nSPS) is 15.7. The number of nitrogens with one attached hydrogen (secondary N) is 1. The van der Waals surface area contributed by atoms with Crippen molar-refractivity contribution in [2.45, 2.75) is 71.3 Å². The molecule has 0 saturated heterocycles. The lowest BCUT2D eigenvalue weighted by Crippen LogP contribution is -2.26. The molecule has 2 heterocycles. The van der Waals surface area contributed by atoms with E-state index in [1.807, 2.05) is 20.8 Å². The van der Waals surface area contributed by atoms with Gasteiger partial charge in [-0.05, 0) is 40.5 Å². The van der Waals surface area contributed by atoms with E-state index in [0.29, 0.717) is 17.1 Å². The van der Waals surface area contributed by atoms with Gasteiger partial charge >= 0.3 is 0 Å². The molecule has 0 spiro atoms. The monoisotopic (exact) mass is 348 g/mol. The number of aromatic nitrogens is 3. The molecule has 0 aliphatic heterocycles. The summed E-state index contributed by atoms with van der Waals surface area (Å²) in [4.78, 5) is 12.2. The van der Waals surface area contributed by atoms with Gasteiger partial charge in [0.15, 0.2) is 11.6 Å². The molecule has 25 heavy (non-hydrogen) atoms. The van der Waals surface area contributed by atoms with Crippen LogP contribution in [0.1, 0.15) is 69.5 Å². The Labute approximate surface area is 146 Å². The zero-order valence-electron chi connectivity index (χ0n) is 15.2. The fourth-order valence-corrected chi connectivity index (χ4v) is 3.39. The molecule has 0 bridgehead atoms. The van der Waals surface area contributed by atoms with Gasteiger partial charge in [0.05, 0.1) is 23.3 Å². The van der Waals surface area contributed by atoms with Gasteiger partial charge in [-0.2, -0.15) is 5.10 Å². The molecular weight excluding hydrogens is 323 g/mol. The van der Waals surface area contributed by atoms with Crippen molar-refractivity contribution in [3.05, 3.63) is 29.0 Å². The van der Waals surface area contributed by atoms with Crippen molar-refractivity contribution in [3.63, 3.8) is 0 Å². The van der Waals surface area contributed by atoms with Crippen LogP contribution in [-0.4, -0.2) is 20.8 Å². The van der Waals surface area contributed by atoms with Gasteiger partial charge in [-0.1, -0.05) is 18.0 Å². The van der Waals surface area contributed by atoms with Crippen molar-refractivity contribution in [2.24, 2.45) is 0 Å². The van der Waals surface area contributed by atoms with Crippen molar-refractivity contribution in [1.29, 1.82) is 0 Å². The van der Waals surface area contributed by atoms with E-state index in [9.17, 15) is 4.79 Å². The van der Waals surface area contributed by atoms with E-state index in [0.717, 1.165) is 25.7 Å². The van der Waals surface area contributed by atoms with Gasteiger partial charge in [-0.15, -0.1) is 0 Å². The first-order valence-corrected chi connectivity index (χ1v) is 8.76. The minimum absolute atomic E-state index is 0.00141. The number of hydrogen-bond donors (Lipinski definition) is 1. The Morgan fingerprint density at radius 2 is 2.08 bits per heavy atom. The van der Waals surface area contributed by atoms with Crippen molar-refractivity contribution in [2.75, 3.05) is 5.32 Å². The molecule has 0 unspecified atom stereocenters. The Morgan fingerprint density at radius 3 is 2.64 bits per heavy atom. The number of nitrogens with zero attached hydrogens (tertiary/aromatic N) is 3. The smallest absolute Gasteiger partial charge is 0.233 e. The largest absolute Gasteiger partial charge is 0.361 e. The van der Waals surface area contributed by atoms with Crippen LogP contribution in [0.15, 0.2) is 10.6 Å². The number of hydrogen-bond acceptors (Lipinski definition) is 4. The number of anilines is 1. The molecule has 136 valence electrons. The van der Waals surface area contributed by atoms with Crippen molar-refractivity contribution < 1.29 is 13.7 Å². The van der Waals surface area contributed by atoms with Crippen LogP contribution in [0.3, 0.4) is 0 Å². The summed E-state index contributed by atoms with van der Waals surface area (Å²) in [5.74, 6) is -0.176. The predicted octanol–water partition coefficient (Wildman–Crippen LogP) is 3.91. The molecule has 1 aliphatic rings. The van der Waals surface area contributed by atoms with Crippen molar-refractivity contribution in [1.82, 2.24) is 14.9 Å². The SMILES string of the molecule is Cc1cc(CC(=O)Nc2nn(C(C)(C)C)c(C3CCCC3)c2F)on1. The van der Waals surface area contributed by atoms with Gasteiger partial charge in [0, 0.05) is 12.0 Å². The van der Waals surface area contributed by atoms with Gasteiger partial charge in [0.2, 0.25) is 5.91 Å². The average molecular weight is 348 g/mol. The highest BCUT2D eigenvalue weighted by atomic mass is 19.1. The summed E-state index contributed by atoms with van der Waals surface area (Å²) in [6.07, 6.45) is 4.13. The highest BCUT2D eigenvalue weighted by Gasteiger charge is 2.32. The molecule has 1 saturated carbocycles. The molecule has 0 atom stereocenters. The second-order valence-electron chi connectivity index (χ2n) is 7.77. The van der Waals surface area contributed by atoms with E-state index in [-0.39, 0.29) is 29.6 Å². The molecular formula is C18H25FN4O2. The maximum absolute atomic E-state index is 15.0. The molecule has 6 nitrogen and oxygen atoms in total. The van der Waals surface area contributed by atoms with E-state index < -0.39 is 5.82 Å². The first kappa shape index (κ1) is 17.6. The average Bonchev–Trinajstić information content (AvgIpc) is 3.21. The third kappa shape index (κ3) is 3.75. The molecule has 1 N–H and O–H groups in total.